The lowest BCUT2D eigenvalue weighted by atomic mass is 10.2. The third-order valence-corrected chi connectivity index (χ3v) is 5.04. The summed E-state index contributed by atoms with van der Waals surface area (Å²) in [6.07, 6.45) is 2.25. The first-order valence-electron chi connectivity index (χ1n) is 8.81. The average Bonchev–Trinajstić information content (AvgIpc) is 2.96. The van der Waals surface area contributed by atoms with Crippen molar-refractivity contribution in [2.75, 3.05) is 51.8 Å². The van der Waals surface area contributed by atoms with Crippen molar-refractivity contribution in [3.8, 4) is 11.5 Å². The van der Waals surface area contributed by atoms with Crippen molar-refractivity contribution < 1.29 is 22.7 Å². The number of nitrogens with one attached hydrogen (secondary N) is 1. The minimum Gasteiger partial charge on any atom is -0.493 e. The minimum atomic E-state index is -2.78. The smallest absolute Gasteiger partial charge is 0.237 e. The van der Waals surface area contributed by atoms with Gasteiger partial charge in [-0.1, -0.05) is 0 Å². The molecule has 1 aromatic heterocycles. The number of amides is 1. The Morgan fingerprint density at radius 2 is 1.83 bits per heavy atom. The highest BCUT2D eigenvalue weighted by atomic mass is 35.5. The van der Waals surface area contributed by atoms with Crippen molar-refractivity contribution in [3.63, 3.8) is 0 Å². The van der Waals surface area contributed by atoms with Gasteiger partial charge in [-0.2, -0.15) is 0 Å². The molecule has 1 amide bonds. The van der Waals surface area contributed by atoms with Gasteiger partial charge in [0.15, 0.2) is 11.5 Å². The van der Waals surface area contributed by atoms with E-state index in [1.807, 2.05) is 12.1 Å². The number of ether oxygens (including phenoxy) is 2. The number of halogens is 1. The molecule has 0 aliphatic carbocycles. The van der Waals surface area contributed by atoms with Crippen LogP contribution in [0.25, 0.3) is 10.9 Å². The molecule has 0 atom stereocenters. The number of hydrogen-bond acceptors (Lipinski definition) is 8. The highest BCUT2D eigenvalue weighted by Gasteiger charge is 2.22. The normalized spacial score (nSPS) is 14.4. The van der Waals surface area contributed by atoms with E-state index in [4.69, 9.17) is 9.47 Å². The number of fused-ring (bicyclic) bond motifs is 1. The summed E-state index contributed by atoms with van der Waals surface area (Å²) < 4.78 is 34.1. The van der Waals surface area contributed by atoms with Gasteiger partial charge in [0.2, 0.25) is 16.8 Å². The second-order valence-electron chi connectivity index (χ2n) is 6.24. The van der Waals surface area contributed by atoms with Crippen LogP contribution >= 0.6 is 12.4 Å². The predicted molar refractivity (Wildman–Crippen MR) is 112 cm³/mol. The van der Waals surface area contributed by atoms with E-state index in [1.54, 1.807) is 19.1 Å². The van der Waals surface area contributed by atoms with Gasteiger partial charge in [-0.25, -0.2) is 23.1 Å². The molecule has 3 rings (SSSR count). The third kappa shape index (κ3) is 5.37. The molecule has 1 aliphatic heterocycles. The summed E-state index contributed by atoms with van der Waals surface area (Å²) >= 11 is 0. The summed E-state index contributed by atoms with van der Waals surface area (Å²) in [5.74, 6) is 1.72. The Bertz CT molecular complexity index is 934. The molecule has 12 heteroatoms. The number of hydrogen-bond donors (Lipinski definition) is 2. The SMILES string of the molecule is COc1cc2ncnc(N3CCCN(C(=O)CN[SH](=O)=O)CC3)c2cc1OC.Cl. The van der Waals surface area contributed by atoms with Crippen molar-refractivity contribution in [2.24, 2.45) is 0 Å². The van der Waals surface area contributed by atoms with Crippen molar-refractivity contribution in [1.82, 2.24) is 19.6 Å². The molecule has 0 radical (unpaired) electrons. The molecule has 0 saturated carbocycles. The van der Waals surface area contributed by atoms with Gasteiger partial charge in [0.1, 0.15) is 12.1 Å². The van der Waals surface area contributed by atoms with Crippen LogP contribution in [-0.4, -0.2) is 76.1 Å². The van der Waals surface area contributed by atoms with E-state index in [9.17, 15) is 13.2 Å². The zero-order chi connectivity index (χ0) is 20.1. The number of nitrogens with zero attached hydrogens (tertiary/aromatic N) is 4. The second kappa shape index (κ2) is 10.4. The molecule has 1 saturated heterocycles. The van der Waals surface area contributed by atoms with E-state index < -0.39 is 10.9 Å². The molecule has 1 aromatic carbocycles. The monoisotopic (exact) mass is 445 g/mol. The van der Waals surface area contributed by atoms with Gasteiger partial charge in [-0.3, -0.25) is 4.79 Å². The lowest BCUT2D eigenvalue weighted by Gasteiger charge is -2.24. The third-order valence-electron chi connectivity index (χ3n) is 4.63. The largest absolute Gasteiger partial charge is 0.493 e. The van der Waals surface area contributed by atoms with Crippen molar-refractivity contribution in [2.45, 2.75) is 6.42 Å². The van der Waals surface area contributed by atoms with Crippen LogP contribution in [0, 0.1) is 0 Å². The molecule has 1 aliphatic rings. The number of carbonyl (C=O) groups is 1. The Balaban J connectivity index is 0.00000300. The standard InChI is InChI=1S/C17H23N5O5S.ClH/c1-26-14-8-12-13(9-15(14)27-2)18-11-19-17(12)22-5-3-4-21(6-7-22)16(23)10-20-28(24)25;/h8-9,11,28H,3-7,10H2,1-2H3,(H,20,24,25);1H. The van der Waals surface area contributed by atoms with Gasteiger partial charge in [0.05, 0.1) is 26.3 Å². The number of carbonyl (C=O) groups excluding carboxylic acids is 1. The Labute approximate surface area is 176 Å². The number of methoxy groups -OCH3 is 2. The molecular weight excluding hydrogens is 422 g/mol. The van der Waals surface area contributed by atoms with Crippen LogP contribution < -0.4 is 19.1 Å². The molecule has 160 valence electrons. The fraction of sp³-hybridized carbons (Fsp3) is 0.471. The molecule has 0 bridgehead atoms. The Hall–Kier alpha value is -2.37. The maximum atomic E-state index is 12.2. The number of aromatic nitrogens is 2. The lowest BCUT2D eigenvalue weighted by molar-refractivity contribution is -0.129. The van der Waals surface area contributed by atoms with E-state index in [0.29, 0.717) is 37.7 Å². The van der Waals surface area contributed by atoms with Gasteiger partial charge in [-0.15, -0.1) is 12.4 Å². The number of benzene rings is 1. The lowest BCUT2D eigenvalue weighted by Crippen LogP contribution is -2.40. The zero-order valence-corrected chi connectivity index (χ0v) is 17.9. The molecule has 0 spiro atoms. The molecule has 2 heterocycles. The fourth-order valence-corrected chi connectivity index (χ4v) is 3.51. The summed E-state index contributed by atoms with van der Waals surface area (Å²) in [6.45, 7) is 2.12. The fourth-order valence-electron chi connectivity index (χ4n) is 3.24. The summed E-state index contributed by atoms with van der Waals surface area (Å²) in [5.41, 5.74) is 0.739. The Kier molecular flexibility index (Phi) is 8.23. The molecule has 10 nitrogen and oxygen atoms in total. The van der Waals surface area contributed by atoms with Gasteiger partial charge >= 0.3 is 0 Å². The Morgan fingerprint density at radius 1 is 1.10 bits per heavy atom. The first kappa shape index (κ1) is 22.9. The average molecular weight is 446 g/mol. The predicted octanol–water partition coefficient (Wildman–Crippen LogP) is 0.223. The summed E-state index contributed by atoms with van der Waals surface area (Å²) in [6, 6.07) is 3.66. The maximum Gasteiger partial charge on any atom is 0.237 e. The Morgan fingerprint density at radius 3 is 2.52 bits per heavy atom. The number of rotatable bonds is 6. The zero-order valence-electron chi connectivity index (χ0n) is 16.2. The van der Waals surface area contributed by atoms with Crippen LogP contribution in [-0.2, 0) is 15.7 Å². The summed E-state index contributed by atoms with van der Waals surface area (Å²) in [4.78, 5) is 24.7. The van der Waals surface area contributed by atoms with Crippen molar-refractivity contribution >= 4 is 45.9 Å². The van der Waals surface area contributed by atoms with Gasteiger partial charge in [0.25, 0.3) is 0 Å². The van der Waals surface area contributed by atoms with Gasteiger partial charge < -0.3 is 19.3 Å². The number of thiol groups is 1. The topological polar surface area (TPSA) is 114 Å². The molecule has 29 heavy (non-hydrogen) atoms. The molecule has 1 N–H and O–H groups in total. The first-order valence-corrected chi connectivity index (χ1v) is 9.98. The minimum absolute atomic E-state index is 0. The highest BCUT2D eigenvalue weighted by molar-refractivity contribution is 7.70. The van der Waals surface area contributed by atoms with E-state index in [-0.39, 0.29) is 24.9 Å². The van der Waals surface area contributed by atoms with Crippen LogP contribution in [0.3, 0.4) is 0 Å². The van der Waals surface area contributed by atoms with Crippen molar-refractivity contribution in [1.29, 1.82) is 0 Å². The van der Waals surface area contributed by atoms with E-state index >= 15 is 0 Å². The maximum absolute atomic E-state index is 12.2. The summed E-state index contributed by atoms with van der Waals surface area (Å²) in [7, 11) is 0.368. The van der Waals surface area contributed by atoms with Gasteiger partial charge in [0, 0.05) is 37.6 Å². The quantitative estimate of drug-likeness (QED) is 0.607. The first-order chi connectivity index (χ1) is 13.5. The van der Waals surface area contributed by atoms with Gasteiger partial charge in [-0.05, 0) is 12.5 Å². The second-order valence-corrected chi connectivity index (χ2v) is 7.07. The van der Waals surface area contributed by atoms with E-state index in [2.05, 4.69) is 19.6 Å². The highest BCUT2D eigenvalue weighted by Crippen LogP contribution is 2.34. The van der Waals surface area contributed by atoms with E-state index in [1.165, 1.54) is 6.33 Å². The van der Waals surface area contributed by atoms with Crippen LogP contribution in [0.15, 0.2) is 18.5 Å². The molecule has 0 unspecified atom stereocenters. The molecule has 1 fully saturated rings. The van der Waals surface area contributed by atoms with Crippen molar-refractivity contribution in [3.05, 3.63) is 18.5 Å². The molecular formula is C17H24ClN5O5S. The molecule has 2 aromatic rings. The van der Waals surface area contributed by atoms with Crippen LogP contribution in [0.4, 0.5) is 5.82 Å². The van der Waals surface area contributed by atoms with Crippen LogP contribution in [0.5, 0.6) is 11.5 Å². The number of anilines is 1. The van der Waals surface area contributed by atoms with Crippen LogP contribution in [0.2, 0.25) is 0 Å². The van der Waals surface area contributed by atoms with Crippen LogP contribution in [0.1, 0.15) is 6.42 Å². The van der Waals surface area contributed by atoms with E-state index in [0.717, 1.165) is 23.1 Å². The summed E-state index contributed by atoms with van der Waals surface area (Å²) in [5, 5.41) is 0.838.